The molecule has 0 spiro atoms. The monoisotopic (exact) mass is 349 g/mol. The summed E-state index contributed by atoms with van der Waals surface area (Å²) in [5.74, 6) is 1.01. The summed E-state index contributed by atoms with van der Waals surface area (Å²) in [6.07, 6.45) is 3.45. The molecule has 0 aliphatic rings. The SMILES string of the molecule is COc1ccc(OC)c(CC(=O)/N=c2/ccn(-c3ccccc3)nc2)c1. The Hall–Kier alpha value is -3.41. The number of carbonyl (C=O) groups is 1. The fourth-order valence-corrected chi connectivity index (χ4v) is 2.52. The van der Waals surface area contributed by atoms with Crippen LogP contribution in [0.5, 0.6) is 11.5 Å². The number of nitrogens with zero attached hydrogens (tertiary/aromatic N) is 3. The van der Waals surface area contributed by atoms with Crippen LogP contribution in [0.1, 0.15) is 5.56 Å². The number of rotatable bonds is 5. The molecular formula is C20H19N3O3. The molecule has 0 unspecified atom stereocenters. The summed E-state index contributed by atoms with van der Waals surface area (Å²) in [6, 6.07) is 16.8. The Labute approximate surface area is 151 Å². The van der Waals surface area contributed by atoms with Crippen LogP contribution in [-0.2, 0) is 11.2 Å². The Morgan fingerprint density at radius 1 is 1.08 bits per heavy atom. The Kier molecular flexibility index (Phi) is 5.43. The highest BCUT2D eigenvalue weighted by Crippen LogP contribution is 2.24. The number of amides is 1. The van der Waals surface area contributed by atoms with Crippen molar-refractivity contribution in [3.8, 4) is 17.2 Å². The van der Waals surface area contributed by atoms with Gasteiger partial charge in [0.1, 0.15) is 11.5 Å². The van der Waals surface area contributed by atoms with E-state index in [0.717, 1.165) is 11.3 Å². The average Bonchev–Trinajstić information content (AvgIpc) is 2.69. The summed E-state index contributed by atoms with van der Waals surface area (Å²) in [5, 5.41) is 4.80. The van der Waals surface area contributed by atoms with Gasteiger partial charge in [0.2, 0.25) is 0 Å². The normalized spacial score (nSPS) is 11.2. The van der Waals surface area contributed by atoms with Crippen molar-refractivity contribution in [3.05, 3.63) is 77.9 Å². The van der Waals surface area contributed by atoms with Gasteiger partial charge in [-0.25, -0.2) is 9.67 Å². The van der Waals surface area contributed by atoms with Gasteiger partial charge in [0.05, 0.1) is 37.9 Å². The van der Waals surface area contributed by atoms with Gasteiger partial charge in [0.15, 0.2) is 0 Å². The number of aromatic nitrogens is 2. The maximum Gasteiger partial charge on any atom is 0.250 e. The number of hydrogen-bond donors (Lipinski definition) is 0. The number of carbonyl (C=O) groups excluding carboxylic acids is 1. The van der Waals surface area contributed by atoms with Crippen LogP contribution in [-0.4, -0.2) is 29.9 Å². The fourth-order valence-electron chi connectivity index (χ4n) is 2.52. The highest BCUT2D eigenvalue weighted by Gasteiger charge is 2.09. The third-order valence-corrected chi connectivity index (χ3v) is 3.80. The van der Waals surface area contributed by atoms with E-state index in [0.29, 0.717) is 16.9 Å². The van der Waals surface area contributed by atoms with Gasteiger partial charge in [-0.15, -0.1) is 0 Å². The predicted octanol–water partition coefficient (Wildman–Crippen LogP) is 2.56. The second-order valence-electron chi connectivity index (χ2n) is 5.53. The minimum absolute atomic E-state index is 0.119. The van der Waals surface area contributed by atoms with E-state index in [-0.39, 0.29) is 12.3 Å². The summed E-state index contributed by atoms with van der Waals surface area (Å²) < 4.78 is 12.2. The molecule has 0 aliphatic heterocycles. The molecule has 1 heterocycles. The minimum atomic E-state index is -0.282. The summed E-state index contributed by atoms with van der Waals surface area (Å²) in [7, 11) is 3.14. The molecule has 0 fully saturated rings. The van der Waals surface area contributed by atoms with Crippen molar-refractivity contribution in [2.45, 2.75) is 6.42 Å². The lowest BCUT2D eigenvalue weighted by Gasteiger charge is -2.08. The van der Waals surface area contributed by atoms with Crippen LogP contribution in [0, 0.1) is 0 Å². The van der Waals surface area contributed by atoms with Gasteiger partial charge in [-0.05, 0) is 36.4 Å². The largest absolute Gasteiger partial charge is 0.497 e. The molecule has 2 aromatic carbocycles. The second-order valence-corrected chi connectivity index (χ2v) is 5.53. The molecule has 6 nitrogen and oxygen atoms in total. The Morgan fingerprint density at radius 3 is 2.54 bits per heavy atom. The molecular weight excluding hydrogens is 330 g/mol. The third-order valence-electron chi connectivity index (χ3n) is 3.80. The molecule has 0 N–H and O–H groups in total. The molecule has 6 heteroatoms. The Balaban J connectivity index is 1.79. The molecule has 3 aromatic rings. The molecule has 1 aromatic heterocycles. The number of methoxy groups -OCH3 is 2. The van der Waals surface area contributed by atoms with Crippen molar-refractivity contribution >= 4 is 5.91 Å². The molecule has 0 radical (unpaired) electrons. The van der Waals surface area contributed by atoms with Gasteiger partial charge in [-0.1, -0.05) is 18.2 Å². The first kappa shape index (κ1) is 17.4. The van der Waals surface area contributed by atoms with Crippen molar-refractivity contribution in [3.63, 3.8) is 0 Å². The number of ether oxygens (including phenoxy) is 2. The molecule has 26 heavy (non-hydrogen) atoms. The van der Waals surface area contributed by atoms with Gasteiger partial charge in [-0.2, -0.15) is 5.10 Å². The van der Waals surface area contributed by atoms with Gasteiger partial charge >= 0.3 is 0 Å². The van der Waals surface area contributed by atoms with Gasteiger partial charge in [0.25, 0.3) is 5.91 Å². The highest BCUT2D eigenvalue weighted by molar-refractivity contribution is 5.80. The van der Waals surface area contributed by atoms with Crippen molar-refractivity contribution in [2.75, 3.05) is 14.2 Å². The molecule has 0 saturated heterocycles. The van der Waals surface area contributed by atoms with Crippen LogP contribution in [0.3, 0.4) is 0 Å². The molecule has 1 amide bonds. The predicted molar refractivity (Wildman–Crippen MR) is 97.4 cm³/mol. The van der Waals surface area contributed by atoms with E-state index in [1.165, 1.54) is 0 Å². The van der Waals surface area contributed by atoms with Gasteiger partial charge in [0, 0.05) is 11.8 Å². The van der Waals surface area contributed by atoms with Crippen molar-refractivity contribution in [1.29, 1.82) is 0 Å². The lowest BCUT2D eigenvalue weighted by molar-refractivity contribution is -0.117. The number of hydrogen-bond acceptors (Lipinski definition) is 4. The van der Waals surface area contributed by atoms with Crippen LogP contribution in [0.4, 0.5) is 0 Å². The maximum absolute atomic E-state index is 12.3. The van der Waals surface area contributed by atoms with Crippen LogP contribution >= 0.6 is 0 Å². The van der Waals surface area contributed by atoms with Crippen LogP contribution in [0.2, 0.25) is 0 Å². The van der Waals surface area contributed by atoms with Crippen molar-refractivity contribution < 1.29 is 14.3 Å². The zero-order valence-corrected chi connectivity index (χ0v) is 14.6. The second kappa shape index (κ2) is 8.11. The van der Waals surface area contributed by atoms with E-state index in [1.54, 1.807) is 55.6 Å². The van der Waals surface area contributed by atoms with E-state index in [2.05, 4.69) is 10.1 Å². The van der Waals surface area contributed by atoms with Crippen molar-refractivity contribution in [2.24, 2.45) is 4.99 Å². The molecule has 132 valence electrons. The number of benzene rings is 2. The first-order chi connectivity index (χ1) is 12.7. The molecule has 0 atom stereocenters. The van der Waals surface area contributed by atoms with E-state index >= 15 is 0 Å². The zero-order chi connectivity index (χ0) is 18.4. The first-order valence-electron chi connectivity index (χ1n) is 8.08. The lowest BCUT2D eigenvalue weighted by atomic mass is 10.1. The van der Waals surface area contributed by atoms with E-state index in [1.807, 2.05) is 30.3 Å². The van der Waals surface area contributed by atoms with Crippen molar-refractivity contribution in [1.82, 2.24) is 9.78 Å². The molecule has 0 aliphatic carbocycles. The topological polar surface area (TPSA) is 65.7 Å². The molecule has 0 saturated carbocycles. The number of para-hydroxylation sites is 1. The quantitative estimate of drug-likeness (QED) is 0.710. The summed E-state index contributed by atoms with van der Waals surface area (Å²) in [6.45, 7) is 0. The zero-order valence-electron chi connectivity index (χ0n) is 14.6. The van der Waals surface area contributed by atoms with Crippen LogP contribution < -0.4 is 14.8 Å². The van der Waals surface area contributed by atoms with Crippen LogP contribution in [0.15, 0.2) is 72.0 Å². The summed E-state index contributed by atoms with van der Waals surface area (Å²) in [5.41, 5.74) is 1.66. The lowest BCUT2D eigenvalue weighted by Crippen LogP contribution is -2.12. The van der Waals surface area contributed by atoms with E-state index < -0.39 is 0 Å². The van der Waals surface area contributed by atoms with Gasteiger partial charge in [-0.3, -0.25) is 4.79 Å². The summed E-state index contributed by atoms with van der Waals surface area (Å²) >= 11 is 0. The van der Waals surface area contributed by atoms with E-state index in [9.17, 15) is 4.79 Å². The Morgan fingerprint density at radius 2 is 1.88 bits per heavy atom. The molecule has 0 bridgehead atoms. The first-order valence-corrected chi connectivity index (χ1v) is 8.08. The van der Waals surface area contributed by atoms with E-state index in [4.69, 9.17) is 9.47 Å². The Bertz CT molecular complexity index is 945. The van der Waals surface area contributed by atoms with Gasteiger partial charge < -0.3 is 9.47 Å². The third kappa shape index (κ3) is 4.16. The maximum atomic E-state index is 12.3. The molecule has 3 rings (SSSR count). The fraction of sp³-hybridized carbons (Fsp3) is 0.150. The smallest absolute Gasteiger partial charge is 0.250 e. The summed E-state index contributed by atoms with van der Waals surface area (Å²) in [4.78, 5) is 16.4. The minimum Gasteiger partial charge on any atom is -0.497 e. The standard InChI is InChI=1S/C20H19N3O3/c1-25-18-8-9-19(26-2)15(12-18)13-20(24)22-16-10-11-23(21-14-16)17-6-4-3-5-7-17/h3-12,14H,13H2,1-2H3/b22-16-. The average molecular weight is 349 g/mol. The van der Waals surface area contributed by atoms with Crippen LogP contribution in [0.25, 0.3) is 5.69 Å². The highest BCUT2D eigenvalue weighted by atomic mass is 16.5.